The summed E-state index contributed by atoms with van der Waals surface area (Å²) in [5.41, 5.74) is 1.90. The molecule has 0 fully saturated rings. The fourth-order valence-electron chi connectivity index (χ4n) is 1.35. The molecule has 3 rings (SSSR count). The van der Waals surface area contributed by atoms with Crippen molar-refractivity contribution in [3.63, 3.8) is 0 Å². The Kier molecular flexibility index (Phi) is 2.55. The Hall–Kier alpha value is -1.46. The van der Waals surface area contributed by atoms with E-state index in [1.54, 1.807) is 18.0 Å². The maximum atomic E-state index is 4.27. The molecule has 0 atom stereocenters. The maximum absolute atomic E-state index is 4.27. The number of hydrogen-bond acceptors (Lipinski definition) is 5. The van der Waals surface area contributed by atoms with Crippen LogP contribution in [-0.4, -0.2) is 13.7 Å². The Morgan fingerprint density at radius 2 is 1.94 bits per heavy atom. The molecular weight excluding hydrogens is 238 g/mol. The third-order valence-electron chi connectivity index (χ3n) is 2.09. The second-order valence-electron chi connectivity index (χ2n) is 3.18. The predicted octanol–water partition coefficient (Wildman–Crippen LogP) is 3.24. The van der Waals surface area contributed by atoms with E-state index in [-0.39, 0.29) is 0 Å². The molecule has 2 heterocycles. The highest BCUT2D eigenvalue weighted by atomic mass is 32.2. The van der Waals surface area contributed by atoms with Gasteiger partial charge in [0, 0.05) is 11.1 Å². The molecule has 0 aliphatic carbocycles. The molecule has 0 saturated carbocycles. The van der Waals surface area contributed by atoms with Crippen LogP contribution in [0.15, 0.2) is 52.5 Å². The van der Waals surface area contributed by atoms with E-state index >= 15 is 0 Å². The molecule has 5 heteroatoms. The lowest BCUT2D eigenvalue weighted by atomic mass is 10.3. The monoisotopic (exact) mass is 245 g/mol. The first-order chi connectivity index (χ1) is 7.92. The molecule has 3 nitrogen and oxygen atoms in total. The molecule has 78 valence electrons. The van der Waals surface area contributed by atoms with Crippen LogP contribution in [0.4, 0.5) is 0 Å². The Balaban J connectivity index is 1.94. The van der Waals surface area contributed by atoms with Gasteiger partial charge >= 0.3 is 0 Å². The maximum Gasteiger partial charge on any atom is 0.105 e. The second kappa shape index (κ2) is 4.19. The number of fused-ring (bicyclic) bond motifs is 1. The Morgan fingerprint density at radius 3 is 2.81 bits per heavy atom. The Labute approximate surface area is 101 Å². The number of aromatic nitrogens is 3. The molecule has 0 bridgehead atoms. The van der Waals surface area contributed by atoms with Crippen molar-refractivity contribution in [2.24, 2.45) is 0 Å². The van der Waals surface area contributed by atoms with Gasteiger partial charge in [-0.3, -0.25) is 0 Å². The van der Waals surface area contributed by atoms with Crippen molar-refractivity contribution >= 4 is 34.5 Å². The molecule has 0 N–H and O–H groups in total. The van der Waals surface area contributed by atoms with Crippen LogP contribution in [0.5, 0.6) is 0 Å². The number of benzene rings is 1. The lowest BCUT2D eigenvalue weighted by Gasteiger charge is -1.99. The molecule has 0 saturated heterocycles. The highest BCUT2D eigenvalue weighted by molar-refractivity contribution is 7.99. The SMILES string of the molecule is c1ccc(Sc2ccc3nsnc3c2)nc1. The number of rotatable bonds is 2. The van der Waals surface area contributed by atoms with Crippen molar-refractivity contribution < 1.29 is 0 Å². The van der Waals surface area contributed by atoms with Gasteiger partial charge in [-0.15, -0.1) is 0 Å². The van der Waals surface area contributed by atoms with E-state index < -0.39 is 0 Å². The Morgan fingerprint density at radius 1 is 1.00 bits per heavy atom. The summed E-state index contributed by atoms with van der Waals surface area (Å²) in [6.07, 6.45) is 1.80. The molecule has 0 aliphatic rings. The van der Waals surface area contributed by atoms with Gasteiger partial charge in [-0.25, -0.2) is 4.98 Å². The molecule has 0 unspecified atom stereocenters. The summed E-state index contributed by atoms with van der Waals surface area (Å²) >= 11 is 2.87. The normalized spacial score (nSPS) is 10.8. The van der Waals surface area contributed by atoms with Gasteiger partial charge in [0.1, 0.15) is 16.1 Å². The first kappa shape index (κ1) is 9.74. The van der Waals surface area contributed by atoms with Crippen LogP contribution in [-0.2, 0) is 0 Å². The number of hydrogen-bond donors (Lipinski definition) is 0. The summed E-state index contributed by atoms with van der Waals surface area (Å²) in [6.45, 7) is 0. The van der Waals surface area contributed by atoms with E-state index in [4.69, 9.17) is 0 Å². The van der Waals surface area contributed by atoms with E-state index in [1.165, 1.54) is 11.7 Å². The average Bonchev–Trinajstić information content (AvgIpc) is 2.77. The van der Waals surface area contributed by atoms with E-state index in [0.29, 0.717) is 0 Å². The summed E-state index contributed by atoms with van der Waals surface area (Å²) in [5.74, 6) is 0. The van der Waals surface area contributed by atoms with E-state index in [0.717, 1.165) is 21.0 Å². The number of pyridine rings is 1. The molecular formula is C11H7N3S2. The van der Waals surface area contributed by atoms with Crippen molar-refractivity contribution in [3.8, 4) is 0 Å². The smallest absolute Gasteiger partial charge is 0.105 e. The molecule has 0 amide bonds. The van der Waals surface area contributed by atoms with Crippen LogP contribution in [0.2, 0.25) is 0 Å². The van der Waals surface area contributed by atoms with Crippen molar-refractivity contribution in [2.75, 3.05) is 0 Å². The highest BCUT2D eigenvalue weighted by Gasteiger charge is 2.02. The standard InChI is InChI=1S/C11H7N3S2/c1-2-6-12-11(3-1)15-8-4-5-9-10(7-8)14-16-13-9/h1-7H. The van der Waals surface area contributed by atoms with Crippen molar-refractivity contribution in [3.05, 3.63) is 42.6 Å². The van der Waals surface area contributed by atoms with Gasteiger partial charge in [0.05, 0.1) is 11.7 Å². The molecule has 0 spiro atoms. The minimum Gasteiger partial charge on any atom is -0.250 e. The van der Waals surface area contributed by atoms with Crippen molar-refractivity contribution in [1.29, 1.82) is 0 Å². The highest BCUT2D eigenvalue weighted by Crippen LogP contribution is 2.27. The summed E-state index contributed by atoms with van der Waals surface area (Å²) < 4.78 is 8.39. The molecule has 3 aromatic rings. The average molecular weight is 245 g/mol. The molecule has 16 heavy (non-hydrogen) atoms. The van der Waals surface area contributed by atoms with Crippen LogP contribution < -0.4 is 0 Å². The second-order valence-corrected chi connectivity index (χ2v) is 4.81. The zero-order valence-corrected chi connectivity index (χ0v) is 9.83. The zero-order chi connectivity index (χ0) is 10.8. The van der Waals surface area contributed by atoms with Gasteiger partial charge in [-0.2, -0.15) is 8.75 Å². The van der Waals surface area contributed by atoms with Crippen LogP contribution in [0.25, 0.3) is 11.0 Å². The van der Waals surface area contributed by atoms with Crippen LogP contribution >= 0.6 is 23.5 Å². The molecule has 1 aromatic carbocycles. The predicted molar refractivity (Wildman–Crippen MR) is 65.8 cm³/mol. The third kappa shape index (κ3) is 1.91. The topological polar surface area (TPSA) is 38.7 Å². The van der Waals surface area contributed by atoms with Gasteiger partial charge in [0.25, 0.3) is 0 Å². The van der Waals surface area contributed by atoms with Gasteiger partial charge in [-0.05, 0) is 30.3 Å². The lowest BCUT2D eigenvalue weighted by Crippen LogP contribution is -1.78. The van der Waals surface area contributed by atoms with Crippen LogP contribution in [0, 0.1) is 0 Å². The first-order valence-corrected chi connectivity index (χ1v) is 6.28. The minimum atomic E-state index is 0.950. The van der Waals surface area contributed by atoms with Gasteiger partial charge in [0.2, 0.25) is 0 Å². The minimum absolute atomic E-state index is 0.950. The summed E-state index contributed by atoms with van der Waals surface area (Å²) in [6, 6.07) is 12.0. The van der Waals surface area contributed by atoms with Crippen LogP contribution in [0.3, 0.4) is 0 Å². The fraction of sp³-hybridized carbons (Fsp3) is 0. The van der Waals surface area contributed by atoms with Crippen molar-refractivity contribution in [2.45, 2.75) is 9.92 Å². The number of nitrogens with zero attached hydrogens (tertiary/aromatic N) is 3. The summed E-state index contributed by atoms with van der Waals surface area (Å²) in [4.78, 5) is 5.41. The Bertz CT molecular complexity index is 607. The van der Waals surface area contributed by atoms with Gasteiger partial charge < -0.3 is 0 Å². The van der Waals surface area contributed by atoms with Crippen molar-refractivity contribution in [1.82, 2.24) is 13.7 Å². The summed E-state index contributed by atoms with van der Waals surface area (Å²) in [5, 5.41) is 0.991. The van der Waals surface area contributed by atoms with E-state index in [1.807, 2.05) is 36.4 Å². The van der Waals surface area contributed by atoms with Gasteiger partial charge in [-0.1, -0.05) is 17.8 Å². The quantitative estimate of drug-likeness (QED) is 0.694. The molecule has 0 radical (unpaired) electrons. The zero-order valence-electron chi connectivity index (χ0n) is 8.20. The van der Waals surface area contributed by atoms with E-state index in [9.17, 15) is 0 Å². The summed E-state index contributed by atoms with van der Waals surface area (Å²) in [7, 11) is 0. The van der Waals surface area contributed by atoms with E-state index in [2.05, 4.69) is 13.7 Å². The lowest BCUT2D eigenvalue weighted by molar-refractivity contribution is 1.13. The molecule has 2 aromatic heterocycles. The fourth-order valence-corrected chi connectivity index (χ4v) is 2.68. The van der Waals surface area contributed by atoms with Gasteiger partial charge in [0.15, 0.2) is 0 Å². The van der Waals surface area contributed by atoms with Crippen LogP contribution in [0.1, 0.15) is 0 Å². The molecule has 0 aliphatic heterocycles. The first-order valence-electron chi connectivity index (χ1n) is 4.73. The third-order valence-corrected chi connectivity index (χ3v) is 3.58. The largest absolute Gasteiger partial charge is 0.250 e.